The Morgan fingerprint density at radius 2 is 1.70 bits per heavy atom. The topological polar surface area (TPSA) is 117 Å². The van der Waals surface area contributed by atoms with E-state index in [2.05, 4.69) is 0 Å². The number of ether oxygens (including phenoxy) is 2. The van der Waals surface area contributed by atoms with Gasteiger partial charge in [0, 0.05) is 20.1 Å². The molecular formula is C20H32Cl3N3O7. The van der Waals surface area contributed by atoms with Gasteiger partial charge < -0.3 is 24.4 Å². The lowest BCUT2D eigenvalue weighted by Gasteiger charge is -2.41. The maximum Gasteiger partial charge on any atom is 0.410 e. The van der Waals surface area contributed by atoms with Gasteiger partial charge in [0.2, 0.25) is 9.70 Å². The Bertz CT molecular complexity index is 737. The van der Waals surface area contributed by atoms with Gasteiger partial charge in [0.05, 0.1) is 6.54 Å². The summed E-state index contributed by atoms with van der Waals surface area (Å²) in [6, 6.07) is -2.28. The van der Waals surface area contributed by atoms with Crippen LogP contribution in [0, 0.1) is 5.92 Å². The molecule has 1 fully saturated rings. The fraction of sp³-hybridized carbons (Fsp3) is 0.800. The average molecular weight is 533 g/mol. The highest BCUT2D eigenvalue weighted by Gasteiger charge is 2.42. The molecule has 0 radical (unpaired) electrons. The number of rotatable bonds is 6. The Morgan fingerprint density at radius 3 is 2.15 bits per heavy atom. The molecule has 0 unspecified atom stereocenters. The number of amides is 3. The SMILES string of the molecule is CC(C)C[C@@H](C(=O)N1CCN(C(=O)OCC(Cl)(Cl)Cl)C[C@@H]1C(=O)O)N(C)C(=O)OC(C)(C)C. The van der Waals surface area contributed by atoms with E-state index in [9.17, 15) is 24.3 Å². The zero-order chi connectivity index (χ0) is 25.7. The largest absolute Gasteiger partial charge is 0.480 e. The number of carbonyl (C=O) groups is 4. The summed E-state index contributed by atoms with van der Waals surface area (Å²) in [5.41, 5.74) is -0.765. The van der Waals surface area contributed by atoms with Crippen LogP contribution in [0.15, 0.2) is 0 Å². The minimum absolute atomic E-state index is 0.0127. The number of nitrogens with zero attached hydrogens (tertiary/aromatic N) is 3. The van der Waals surface area contributed by atoms with E-state index < -0.39 is 52.1 Å². The zero-order valence-electron chi connectivity index (χ0n) is 19.6. The molecule has 10 nitrogen and oxygen atoms in total. The van der Waals surface area contributed by atoms with Crippen molar-refractivity contribution in [2.45, 2.75) is 62.5 Å². The Balaban J connectivity index is 3.04. The lowest BCUT2D eigenvalue weighted by molar-refractivity contribution is -0.155. The van der Waals surface area contributed by atoms with Crippen molar-refractivity contribution in [3.05, 3.63) is 0 Å². The van der Waals surface area contributed by atoms with E-state index in [4.69, 9.17) is 44.3 Å². The number of carbonyl (C=O) groups excluding carboxylic acids is 3. The molecule has 0 bridgehead atoms. The minimum Gasteiger partial charge on any atom is -0.480 e. The van der Waals surface area contributed by atoms with Crippen LogP contribution < -0.4 is 0 Å². The van der Waals surface area contributed by atoms with E-state index in [0.29, 0.717) is 6.42 Å². The maximum absolute atomic E-state index is 13.4. The smallest absolute Gasteiger partial charge is 0.410 e. The van der Waals surface area contributed by atoms with Crippen LogP contribution in [-0.2, 0) is 19.1 Å². The van der Waals surface area contributed by atoms with Crippen LogP contribution in [0.1, 0.15) is 41.0 Å². The van der Waals surface area contributed by atoms with Gasteiger partial charge in [-0.3, -0.25) is 9.69 Å². The van der Waals surface area contributed by atoms with Gasteiger partial charge in [-0.15, -0.1) is 0 Å². The van der Waals surface area contributed by atoms with E-state index >= 15 is 0 Å². The standard InChI is InChI=1S/C20H32Cl3N3O7/c1-12(2)9-13(24(6)17(30)33-19(3,4)5)15(27)26-8-7-25(10-14(26)16(28)29)18(31)32-11-20(21,22)23/h12-14H,7-11H2,1-6H3,(H,28,29)/t13-,14+/m0/s1. The summed E-state index contributed by atoms with van der Waals surface area (Å²) < 4.78 is 8.48. The second kappa shape index (κ2) is 11.7. The van der Waals surface area contributed by atoms with Gasteiger partial charge in [-0.1, -0.05) is 48.7 Å². The molecule has 0 spiro atoms. The molecule has 33 heavy (non-hydrogen) atoms. The summed E-state index contributed by atoms with van der Waals surface area (Å²) in [4.78, 5) is 53.7. The summed E-state index contributed by atoms with van der Waals surface area (Å²) in [6.45, 7) is 8.01. The molecule has 13 heteroatoms. The number of hydrogen-bond acceptors (Lipinski definition) is 6. The highest BCUT2D eigenvalue weighted by molar-refractivity contribution is 6.67. The van der Waals surface area contributed by atoms with Crippen LogP contribution in [0.4, 0.5) is 9.59 Å². The molecule has 1 rings (SSSR count). The molecule has 0 aliphatic carbocycles. The number of carboxylic acid groups (broad SMARTS) is 1. The van der Waals surface area contributed by atoms with Crippen LogP contribution in [0.25, 0.3) is 0 Å². The number of aliphatic carboxylic acids is 1. The maximum atomic E-state index is 13.4. The van der Waals surface area contributed by atoms with Gasteiger partial charge in [-0.2, -0.15) is 0 Å². The van der Waals surface area contributed by atoms with Crippen molar-refractivity contribution in [3.8, 4) is 0 Å². The van der Waals surface area contributed by atoms with E-state index in [1.54, 1.807) is 20.8 Å². The number of carboxylic acids is 1. The first kappa shape index (κ1) is 29.4. The van der Waals surface area contributed by atoms with Crippen LogP contribution in [0.5, 0.6) is 0 Å². The fourth-order valence-corrected chi connectivity index (χ4v) is 3.35. The third kappa shape index (κ3) is 9.62. The summed E-state index contributed by atoms with van der Waals surface area (Å²) in [5, 5.41) is 9.74. The highest BCUT2D eigenvalue weighted by atomic mass is 35.6. The molecular weight excluding hydrogens is 501 g/mol. The van der Waals surface area contributed by atoms with Crippen molar-refractivity contribution in [2.75, 3.05) is 33.3 Å². The minimum atomic E-state index is -1.81. The summed E-state index contributed by atoms with van der Waals surface area (Å²) in [5.74, 6) is -1.81. The number of hydrogen-bond donors (Lipinski definition) is 1. The molecule has 1 N–H and O–H groups in total. The molecule has 2 atom stereocenters. The molecule has 1 aliphatic heterocycles. The average Bonchev–Trinajstić information content (AvgIpc) is 2.66. The van der Waals surface area contributed by atoms with E-state index in [1.807, 2.05) is 13.8 Å². The summed E-state index contributed by atoms with van der Waals surface area (Å²) in [7, 11) is 1.44. The molecule has 0 aromatic rings. The quantitative estimate of drug-likeness (QED) is 0.521. The molecule has 0 aromatic heterocycles. The summed E-state index contributed by atoms with van der Waals surface area (Å²) >= 11 is 16.7. The lowest BCUT2D eigenvalue weighted by Crippen LogP contribution is -2.63. The molecule has 1 saturated heterocycles. The Hall–Kier alpha value is -1.65. The molecule has 0 saturated carbocycles. The van der Waals surface area contributed by atoms with Crippen LogP contribution in [0.3, 0.4) is 0 Å². The van der Waals surface area contributed by atoms with Gasteiger partial charge in [0.1, 0.15) is 24.3 Å². The lowest BCUT2D eigenvalue weighted by atomic mass is 10.00. The fourth-order valence-electron chi connectivity index (χ4n) is 3.18. The Kier molecular flexibility index (Phi) is 10.4. The second-order valence-electron chi connectivity index (χ2n) is 9.24. The van der Waals surface area contributed by atoms with Crippen molar-refractivity contribution in [3.63, 3.8) is 0 Å². The molecule has 1 aliphatic rings. The van der Waals surface area contributed by atoms with Gasteiger partial charge in [-0.25, -0.2) is 14.4 Å². The predicted octanol–water partition coefficient (Wildman–Crippen LogP) is 3.37. The Morgan fingerprint density at radius 1 is 1.12 bits per heavy atom. The van der Waals surface area contributed by atoms with Gasteiger partial charge in [0.25, 0.3) is 0 Å². The Labute approximate surface area is 209 Å². The summed E-state index contributed by atoms with van der Waals surface area (Å²) in [6.07, 6.45) is -1.25. The van der Waals surface area contributed by atoms with Crippen molar-refractivity contribution in [1.29, 1.82) is 0 Å². The number of piperazine rings is 1. The van der Waals surface area contributed by atoms with Crippen LogP contribution in [0.2, 0.25) is 0 Å². The van der Waals surface area contributed by atoms with Crippen molar-refractivity contribution in [2.24, 2.45) is 5.92 Å². The van der Waals surface area contributed by atoms with Crippen molar-refractivity contribution >= 4 is 58.9 Å². The first-order valence-corrected chi connectivity index (χ1v) is 11.5. The number of likely N-dealkylation sites (N-methyl/N-ethyl adjacent to an activating group) is 1. The highest BCUT2D eigenvalue weighted by Crippen LogP contribution is 2.26. The van der Waals surface area contributed by atoms with Crippen molar-refractivity contribution < 1.29 is 33.8 Å². The van der Waals surface area contributed by atoms with Crippen LogP contribution in [-0.4, -0.2) is 98.6 Å². The first-order valence-electron chi connectivity index (χ1n) is 10.4. The number of alkyl halides is 3. The zero-order valence-corrected chi connectivity index (χ0v) is 21.9. The number of halogens is 3. The van der Waals surface area contributed by atoms with Gasteiger partial charge in [0.15, 0.2) is 0 Å². The third-order valence-corrected chi connectivity index (χ3v) is 5.02. The van der Waals surface area contributed by atoms with Crippen molar-refractivity contribution in [1.82, 2.24) is 14.7 Å². The third-order valence-electron chi connectivity index (χ3n) is 4.69. The first-order chi connectivity index (χ1) is 14.9. The van der Waals surface area contributed by atoms with Gasteiger partial charge in [-0.05, 0) is 33.1 Å². The molecule has 0 aromatic carbocycles. The molecule has 3 amide bonds. The van der Waals surface area contributed by atoms with E-state index in [-0.39, 0.29) is 25.6 Å². The van der Waals surface area contributed by atoms with E-state index in [1.165, 1.54) is 11.9 Å². The predicted molar refractivity (Wildman–Crippen MR) is 124 cm³/mol. The normalized spacial score (nSPS) is 18.1. The second-order valence-corrected chi connectivity index (χ2v) is 11.8. The molecule has 1 heterocycles. The van der Waals surface area contributed by atoms with Gasteiger partial charge >= 0.3 is 18.2 Å². The van der Waals surface area contributed by atoms with E-state index in [0.717, 1.165) is 9.80 Å². The molecule has 190 valence electrons. The van der Waals surface area contributed by atoms with Crippen LogP contribution >= 0.6 is 34.8 Å². The monoisotopic (exact) mass is 531 g/mol.